The molecule has 2 heterocycles. The number of fused-ring (bicyclic) bond motifs is 1. The highest BCUT2D eigenvalue weighted by atomic mass is 32.2. The summed E-state index contributed by atoms with van der Waals surface area (Å²) in [6.07, 6.45) is 1.24. The average Bonchev–Trinajstić information content (AvgIpc) is 3.27. The Morgan fingerprint density at radius 1 is 1.11 bits per heavy atom. The van der Waals surface area contributed by atoms with Gasteiger partial charge in [-0.15, -0.1) is 11.3 Å². The van der Waals surface area contributed by atoms with Crippen LogP contribution in [0, 0.1) is 12.7 Å². The van der Waals surface area contributed by atoms with Crippen molar-refractivity contribution in [1.29, 1.82) is 0 Å². The van der Waals surface area contributed by atoms with E-state index in [4.69, 9.17) is 0 Å². The van der Waals surface area contributed by atoms with Crippen LogP contribution in [0.1, 0.15) is 4.88 Å². The Balaban J connectivity index is 1.51. The number of anilines is 2. The van der Waals surface area contributed by atoms with E-state index in [9.17, 15) is 22.4 Å². The van der Waals surface area contributed by atoms with Crippen LogP contribution in [-0.4, -0.2) is 56.1 Å². The highest BCUT2D eigenvalue weighted by molar-refractivity contribution is 7.92. The minimum atomic E-state index is -4.06. The average molecular weight is 545 g/mol. The number of likely N-dealkylation sites (N-methyl/N-ethyl adjacent to an activating group) is 1. The number of carbonyl (C=O) groups is 1. The number of hydrogen-bond acceptors (Lipinski definition) is 8. The molecule has 0 aliphatic carbocycles. The fourth-order valence-electron chi connectivity index (χ4n) is 3.49. The number of sulfonamides is 1. The third-order valence-electron chi connectivity index (χ3n) is 5.32. The third-order valence-corrected chi connectivity index (χ3v) is 8.14. The van der Waals surface area contributed by atoms with Crippen molar-refractivity contribution in [1.82, 2.24) is 19.2 Å². The van der Waals surface area contributed by atoms with Crippen LogP contribution in [0.2, 0.25) is 0 Å². The van der Waals surface area contributed by atoms with E-state index in [1.807, 2.05) is 23.7 Å². The van der Waals surface area contributed by atoms with E-state index in [-0.39, 0.29) is 15.6 Å². The second kappa shape index (κ2) is 10.7. The molecule has 0 radical (unpaired) electrons. The van der Waals surface area contributed by atoms with Gasteiger partial charge in [0, 0.05) is 29.3 Å². The number of aromatic nitrogens is 2. The van der Waals surface area contributed by atoms with Crippen molar-refractivity contribution in [2.24, 2.45) is 0 Å². The number of halogens is 1. The fourth-order valence-corrected chi connectivity index (χ4v) is 5.68. The zero-order valence-corrected chi connectivity index (χ0v) is 21.9. The summed E-state index contributed by atoms with van der Waals surface area (Å²) in [5.41, 5.74) is 0.759. The maximum atomic E-state index is 15.0. The van der Waals surface area contributed by atoms with Gasteiger partial charge >= 0.3 is 6.03 Å². The van der Waals surface area contributed by atoms with Gasteiger partial charge < -0.3 is 15.5 Å². The van der Waals surface area contributed by atoms with Crippen LogP contribution in [-0.2, 0) is 10.0 Å². The Bertz CT molecular complexity index is 1630. The molecule has 13 heteroatoms. The fraction of sp³-hybridized carbons (Fsp3) is 0.208. The van der Waals surface area contributed by atoms with Crippen LogP contribution in [0.3, 0.4) is 0 Å². The van der Waals surface area contributed by atoms with E-state index in [2.05, 4.69) is 15.6 Å². The zero-order chi connectivity index (χ0) is 26.7. The topological polar surface area (TPSA) is 125 Å². The Morgan fingerprint density at radius 2 is 1.86 bits per heavy atom. The normalized spacial score (nSPS) is 11.6. The third kappa shape index (κ3) is 6.13. The Kier molecular flexibility index (Phi) is 7.57. The molecule has 2 aromatic heterocycles. The lowest BCUT2D eigenvalue weighted by molar-refractivity contribution is 0.256. The lowest BCUT2D eigenvalue weighted by atomic mass is 10.2. The van der Waals surface area contributed by atoms with Crippen molar-refractivity contribution in [3.05, 3.63) is 75.9 Å². The summed E-state index contributed by atoms with van der Waals surface area (Å²) < 4.78 is 42.5. The number of thiophene rings is 1. The molecule has 0 aliphatic rings. The van der Waals surface area contributed by atoms with Gasteiger partial charge in [0.25, 0.3) is 15.6 Å². The molecule has 4 aromatic rings. The van der Waals surface area contributed by atoms with Gasteiger partial charge in [-0.1, -0.05) is 0 Å². The molecule has 2 aromatic carbocycles. The van der Waals surface area contributed by atoms with Crippen molar-refractivity contribution in [2.45, 2.75) is 11.1 Å². The predicted molar refractivity (Wildman–Crippen MR) is 143 cm³/mol. The van der Waals surface area contributed by atoms with Crippen LogP contribution in [0.15, 0.2) is 63.9 Å². The molecule has 0 saturated heterocycles. The van der Waals surface area contributed by atoms with Crippen LogP contribution < -0.4 is 20.9 Å². The highest BCUT2D eigenvalue weighted by Crippen LogP contribution is 2.22. The van der Waals surface area contributed by atoms with E-state index in [0.29, 0.717) is 10.9 Å². The smallest absolute Gasteiger partial charge is 0.333 e. The summed E-state index contributed by atoms with van der Waals surface area (Å²) in [6, 6.07) is 10.8. The minimum Gasteiger partial charge on any atom is -0.384 e. The van der Waals surface area contributed by atoms with E-state index >= 15 is 0 Å². The van der Waals surface area contributed by atoms with Gasteiger partial charge in [-0.2, -0.15) is 0 Å². The van der Waals surface area contributed by atoms with Gasteiger partial charge in [0.05, 0.1) is 16.6 Å². The molecule has 37 heavy (non-hydrogen) atoms. The molecule has 0 saturated carbocycles. The van der Waals surface area contributed by atoms with Crippen molar-refractivity contribution >= 4 is 49.7 Å². The van der Waals surface area contributed by atoms with Gasteiger partial charge in [-0.05, 0) is 69.6 Å². The SMILES string of the molecule is Cc1ccc(S(=O)(=O)NC(=O)Nc2ccc(-n3cnc4cc(NCCN(C)C)ccc4c3=O)c(F)c2)s1. The standard InChI is InChI=1S/C24H25FN6O4S2/c1-15-4-9-22(36-15)37(34,35)29-24(33)28-17-6-8-21(19(25)12-17)31-14-27-20-13-16(26-10-11-30(2)3)5-7-18(20)23(31)32/h4-9,12-14,26H,10-11H2,1-3H3,(H2,28,29,33). The first kappa shape index (κ1) is 26.3. The molecule has 4 rings (SSSR count). The number of nitrogens with zero attached hydrogens (tertiary/aromatic N) is 3. The Labute approximate surface area is 216 Å². The highest BCUT2D eigenvalue weighted by Gasteiger charge is 2.20. The maximum Gasteiger partial charge on any atom is 0.333 e. The molecule has 3 N–H and O–H groups in total. The molecular weight excluding hydrogens is 519 g/mol. The van der Waals surface area contributed by atoms with Crippen LogP contribution in [0.5, 0.6) is 0 Å². The van der Waals surface area contributed by atoms with Gasteiger partial charge in [0.1, 0.15) is 16.4 Å². The number of nitrogens with one attached hydrogen (secondary N) is 3. The van der Waals surface area contributed by atoms with Crippen LogP contribution in [0.25, 0.3) is 16.6 Å². The molecular formula is C24H25FN6O4S2. The summed E-state index contributed by atoms with van der Waals surface area (Å²) in [5.74, 6) is -0.806. The number of benzene rings is 2. The Morgan fingerprint density at radius 3 is 2.54 bits per heavy atom. The van der Waals surface area contributed by atoms with E-state index in [0.717, 1.165) is 45.6 Å². The monoisotopic (exact) mass is 544 g/mol. The number of rotatable bonds is 8. The van der Waals surface area contributed by atoms with Crippen molar-refractivity contribution < 1.29 is 17.6 Å². The molecule has 0 fully saturated rings. The molecule has 0 unspecified atom stereocenters. The summed E-state index contributed by atoms with van der Waals surface area (Å²) in [5, 5.41) is 5.87. The van der Waals surface area contributed by atoms with Crippen LogP contribution in [0.4, 0.5) is 20.6 Å². The van der Waals surface area contributed by atoms with Gasteiger partial charge in [-0.3, -0.25) is 9.36 Å². The molecule has 0 atom stereocenters. The summed E-state index contributed by atoms with van der Waals surface area (Å²) in [4.78, 5) is 32.4. The van der Waals surface area contributed by atoms with Crippen molar-refractivity contribution in [3.8, 4) is 5.69 Å². The summed E-state index contributed by atoms with van der Waals surface area (Å²) in [7, 11) is -0.112. The number of aryl methyl sites for hydroxylation is 1. The maximum absolute atomic E-state index is 15.0. The largest absolute Gasteiger partial charge is 0.384 e. The van der Waals surface area contributed by atoms with Crippen LogP contribution >= 0.6 is 11.3 Å². The lowest BCUT2D eigenvalue weighted by Gasteiger charge is -2.13. The molecule has 0 bridgehead atoms. The number of urea groups is 1. The first-order chi connectivity index (χ1) is 17.5. The van der Waals surface area contributed by atoms with Crippen molar-refractivity contribution in [3.63, 3.8) is 0 Å². The van der Waals surface area contributed by atoms with Gasteiger partial charge in [0.2, 0.25) is 0 Å². The second-order valence-electron chi connectivity index (χ2n) is 8.47. The van der Waals surface area contributed by atoms with Gasteiger partial charge in [0.15, 0.2) is 0 Å². The lowest BCUT2D eigenvalue weighted by Crippen LogP contribution is -2.34. The number of amides is 2. The first-order valence-electron chi connectivity index (χ1n) is 11.1. The molecule has 10 nitrogen and oxygen atoms in total. The minimum absolute atomic E-state index is 0.00606. The predicted octanol–water partition coefficient (Wildman–Crippen LogP) is 3.38. The Hall–Kier alpha value is -3.81. The van der Waals surface area contributed by atoms with E-state index in [1.165, 1.54) is 24.5 Å². The van der Waals surface area contributed by atoms with E-state index < -0.39 is 27.4 Å². The first-order valence-corrected chi connectivity index (χ1v) is 13.4. The summed E-state index contributed by atoms with van der Waals surface area (Å²) >= 11 is 1.02. The molecule has 194 valence electrons. The van der Waals surface area contributed by atoms with E-state index in [1.54, 1.807) is 31.2 Å². The molecule has 0 spiro atoms. The second-order valence-corrected chi connectivity index (χ2v) is 11.7. The number of carbonyl (C=O) groups excluding carboxylic acids is 1. The van der Waals surface area contributed by atoms with Gasteiger partial charge in [-0.25, -0.2) is 27.3 Å². The van der Waals surface area contributed by atoms with Crippen molar-refractivity contribution in [2.75, 3.05) is 37.8 Å². The quantitative estimate of drug-likeness (QED) is 0.311. The summed E-state index contributed by atoms with van der Waals surface area (Å²) in [6.45, 7) is 3.30. The molecule has 2 amide bonds. The number of hydrogen-bond donors (Lipinski definition) is 3. The zero-order valence-electron chi connectivity index (χ0n) is 20.3. The molecule has 0 aliphatic heterocycles.